The summed E-state index contributed by atoms with van der Waals surface area (Å²) >= 11 is 0. The molecule has 18 heavy (non-hydrogen) atoms. The molecule has 1 aromatic carbocycles. The summed E-state index contributed by atoms with van der Waals surface area (Å²) in [7, 11) is 0. The monoisotopic (exact) mass is 248 g/mol. The van der Waals surface area contributed by atoms with Crippen LogP contribution in [0.1, 0.15) is 32.3 Å². The maximum atomic E-state index is 12.0. The number of nitrogens with two attached hydrogens (primary N) is 1. The van der Waals surface area contributed by atoms with Gasteiger partial charge >= 0.3 is 0 Å². The lowest BCUT2D eigenvalue weighted by molar-refractivity contribution is -0.132. The molecule has 0 aliphatic carbocycles. The van der Waals surface area contributed by atoms with Gasteiger partial charge in [-0.1, -0.05) is 30.3 Å². The largest absolute Gasteiger partial charge is 0.339 e. The van der Waals surface area contributed by atoms with Gasteiger partial charge in [-0.2, -0.15) is 0 Å². The Labute approximate surface area is 110 Å². The van der Waals surface area contributed by atoms with E-state index in [4.69, 9.17) is 5.73 Å². The summed E-state index contributed by atoms with van der Waals surface area (Å²) in [6.45, 7) is 5.25. The molecular formula is C15H24N2O. The van der Waals surface area contributed by atoms with E-state index in [0.717, 1.165) is 12.8 Å². The van der Waals surface area contributed by atoms with Crippen LogP contribution in [0.4, 0.5) is 0 Å². The van der Waals surface area contributed by atoms with Crippen molar-refractivity contribution in [3.8, 4) is 0 Å². The Hall–Kier alpha value is -1.35. The topological polar surface area (TPSA) is 46.3 Å². The Morgan fingerprint density at radius 3 is 2.50 bits per heavy atom. The van der Waals surface area contributed by atoms with Gasteiger partial charge in [-0.25, -0.2) is 0 Å². The lowest BCUT2D eigenvalue weighted by atomic mass is 10.1. The van der Waals surface area contributed by atoms with E-state index in [1.165, 1.54) is 5.56 Å². The van der Waals surface area contributed by atoms with Crippen molar-refractivity contribution in [3.63, 3.8) is 0 Å². The summed E-state index contributed by atoms with van der Waals surface area (Å²) in [6, 6.07) is 10.5. The van der Waals surface area contributed by atoms with Crippen molar-refractivity contribution in [1.29, 1.82) is 0 Å². The maximum Gasteiger partial charge on any atom is 0.222 e. The van der Waals surface area contributed by atoms with Crippen LogP contribution < -0.4 is 5.73 Å². The fourth-order valence-corrected chi connectivity index (χ4v) is 2.04. The number of carbonyl (C=O) groups excluding carboxylic acids is 1. The molecule has 2 N–H and O–H groups in total. The van der Waals surface area contributed by atoms with Gasteiger partial charge in [0.25, 0.3) is 0 Å². The molecule has 0 heterocycles. The maximum absolute atomic E-state index is 12.0. The minimum atomic E-state index is 0.214. The molecule has 1 amide bonds. The second-order valence-electron chi connectivity index (χ2n) is 4.81. The summed E-state index contributed by atoms with van der Waals surface area (Å²) in [5, 5.41) is 0. The van der Waals surface area contributed by atoms with Gasteiger partial charge in [0.05, 0.1) is 0 Å². The van der Waals surface area contributed by atoms with E-state index in [9.17, 15) is 4.79 Å². The molecule has 0 aliphatic heterocycles. The third-order valence-electron chi connectivity index (χ3n) is 3.01. The standard InChI is InChI=1S/C15H24N2O/c1-13(2)17(12-11-16)15(18)10-6-9-14-7-4-3-5-8-14/h3-5,7-8,13H,6,9-12,16H2,1-2H3. The van der Waals surface area contributed by atoms with Crippen LogP contribution in [-0.4, -0.2) is 29.9 Å². The quantitative estimate of drug-likeness (QED) is 0.804. The molecule has 0 saturated heterocycles. The first-order valence-electron chi connectivity index (χ1n) is 6.68. The third-order valence-corrected chi connectivity index (χ3v) is 3.01. The number of carbonyl (C=O) groups is 1. The van der Waals surface area contributed by atoms with E-state index in [-0.39, 0.29) is 11.9 Å². The van der Waals surface area contributed by atoms with Crippen LogP contribution in [0.25, 0.3) is 0 Å². The molecule has 3 nitrogen and oxygen atoms in total. The van der Waals surface area contributed by atoms with Crippen molar-refractivity contribution in [1.82, 2.24) is 4.90 Å². The van der Waals surface area contributed by atoms with Gasteiger partial charge in [0.15, 0.2) is 0 Å². The average molecular weight is 248 g/mol. The van der Waals surface area contributed by atoms with Crippen LogP contribution in [0, 0.1) is 0 Å². The molecule has 0 aromatic heterocycles. The Morgan fingerprint density at radius 2 is 1.94 bits per heavy atom. The van der Waals surface area contributed by atoms with Gasteiger partial charge in [-0.3, -0.25) is 4.79 Å². The van der Waals surface area contributed by atoms with Gasteiger partial charge in [0, 0.05) is 25.6 Å². The zero-order valence-electron chi connectivity index (χ0n) is 11.4. The van der Waals surface area contributed by atoms with Gasteiger partial charge in [0.2, 0.25) is 5.91 Å². The number of hydrogen-bond acceptors (Lipinski definition) is 2. The predicted molar refractivity (Wildman–Crippen MR) is 75.3 cm³/mol. The van der Waals surface area contributed by atoms with Crippen LogP contribution in [0.3, 0.4) is 0 Å². The van der Waals surface area contributed by atoms with Crippen molar-refractivity contribution < 1.29 is 4.79 Å². The van der Waals surface area contributed by atoms with Crippen LogP contribution in [0.2, 0.25) is 0 Å². The summed E-state index contributed by atoms with van der Waals surface area (Å²) in [5.41, 5.74) is 6.82. The SMILES string of the molecule is CC(C)N(CCN)C(=O)CCCc1ccccc1. The van der Waals surface area contributed by atoms with Crippen LogP contribution in [0.5, 0.6) is 0 Å². The lowest BCUT2D eigenvalue weighted by Gasteiger charge is -2.26. The normalized spacial score (nSPS) is 10.7. The van der Waals surface area contributed by atoms with Crippen molar-refractivity contribution >= 4 is 5.91 Å². The van der Waals surface area contributed by atoms with Gasteiger partial charge < -0.3 is 10.6 Å². The molecule has 0 unspecified atom stereocenters. The smallest absolute Gasteiger partial charge is 0.222 e. The number of nitrogens with zero attached hydrogens (tertiary/aromatic N) is 1. The fraction of sp³-hybridized carbons (Fsp3) is 0.533. The molecule has 1 aromatic rings. The van der Waals surface area contributed by atoms with Gasteiger partial charge in [-0.15, -0.1) is 0 Å². The summed E-state index contributed by atoms with van der Waals surface area (Å²) in [6.07, 6.45) is 2.46. The number of rotatable bonds is 7. The van der Waals surface area contributed by atoms with E-state index in [0.29, 0.717) is 19.5 Å². The average Bonchev–Trinajstić information content (AvgIpc) is 2.36. The molecule has 100 valence electrons. The molecule has 0 spiro atoms. The van der Waals surface area contributed by atoms with Gasteiger partial charge in [-0.05, 0) is 32.3 Å². The highest BCUT2D eigenvalue weighted by Crippen LogP contribution is 2.08. The van der Waals surface area contributed by atoms with Crippen LogP contribution >= 0.6 is 0 Å². The van der Waals surface area contributed by atoms with Crippen LogP contribution in [-0.2, 0) is 11.2 Å². The van der Waals surface area contributed by atoms with E-state index in [2.05, 4.69) is 12.1 Å². The minimum absolute atomic E-state index is 0.214. The molecular weight excluding hydrogens is 224 g/mol. The van der Waals surface area contributed by atoms with E-state index in [1.807, 2.05) is 36.9 Å². The Balaban J connectivity index is 2.36. The van der Waals surface area contributed by atoms with Gasteiger partial charge in [0.1, 0.15) is 0 Å². The molecule has 0 saturated carbocycles. The van der Waals surface area contributed by atoms with Crippen molar-refractivity contribution in [2.24, 2.45) is 5.73 Å². The van der Waals surface area contributed by atoms with E-state index < -0.39 is 0 Å². The first-order chi connectivity index (χ1) is 8.65. The number of hydrogen-bond donors (Lipinski definition) is 1. The Morgan fingerprint density at radius 1 is 1.28 bits per heavy atom. The molecule has 1 rings (SSSR count). The molecule has 0 aliphatic rings. The zero-order chi connectivity index (χ0) is 13.4. The second kappa shape index (κ2) is 7.88. The highest BCUT2D eigenvalue weighted by atomic mass is 16.2. The molecule has 0 radical (unpaired) electrons. The number of amides is 1. The Kier molecular flexibility index (Phi) is 6.44. The van der Waals surface area contributed by atoms with E-state index >= 15 is 0 Å². The minimum Gasteiger partial charge on any atom is -0.339 e. The van der Waals surface area contributed by atoms with Crippen molar-refractivity contribution in [2.75, 3.05) is 13.1 Å². The molecule has 0 fully saturated rings. The van der Waals surface area contributed by atoms with Crippen molar-refractivity contribution in [2.45, 2.75) is 39.2 Å². The Bertz CT molecular complexity index is 349. The number of aryl methyl sites for hydroxylation is 1. The van der Waals surface area contributed by atoms with E-state index in [1.54, 1.807) is 0 Å². The first kappa shape index (κ1) is 14.7. The zero-order valence-corrected chi connectivity index (χ0v) is 11.4. The molecule has 0 atom stereocenters. The third kappa shape index (κ3) is 4.88. The molecule has 3 heteroatoms. The highest BCUT2D eigenvalue weighted by molar-refractivity contribution is 5.76. The fourth-order valence-electron chi connectivity index (χ4n) is 2.04. The number of benzene rings is 1. The van der Waals surface area contributed by atoms with Crippen LogP contribution in [0.15, 0.2) is 30.3 Å². The summed E-state index contributed by atoms with van der Waals surface area (Å²) in [5.74, 6) is 0.214. The van der Waals surface area contributed by atoms with Crippen molar-refractivity contribution in [3.05, 3.63) is 35.9 Å². The second-order valence-corrected chi connectivity index (χ2v) is 4.81. The molecule has 0 bridgehead atoms. The lowest BCUT2D eigenvalue weighted by Crippen LogP contribution is -2.40. The predicted octanol–water partition coefficient (Wildman–Crippen LogP) is 2.21. The first-order valence-corrected chi connectivity index (χ1v) is 6.68. The highest BCUT2D eigenvalue weighted by Gasteiger charge is 2.15. The summed E-state index contributed by atoms with van der Waals surface area (Å²) in [4.78, 5) is 13.9. The summed E-state index contributed by atoms with van der Waals surface area (Å²) < 4.78 is 0.